The molecule has 1 heterocycles. The third-order valence-electron chi connectivity index (χ3n) is 4.41. The second-order valence-corrected chi connectivity index (χ2v) is 8.57. The van der Waals surface area contributed by atoms with Crippen molar-refractivity contribution >= 4 is 68.8 Å². The van der Waals surface area contributed by atoms with Crippen LogP contribution in [-0.2, 0) is 20.9 Å². The van der Waals surface area contributed by atoms with Crippen LogP contribution in [0.5, 0.6) is 11.5 Å². The van der Waals surface area contributed by atoms with Crippen molar-refractivity contribution in [2.45, 2.75) is 6.54 Å². The van der Waals surface area contributed by atoms with Gasteiger partial charge in [0.25, 0.3) is 5.91 Å². The molecule has 13 heteroatoms. The molecule has 0 atom stereocenters. The fourth-order valence-electron chi connectivity index (χ4n) is 2.76. The monoisotopic (exact) mass is 596 g/mol. The molecule has 0 spiro atoms. The molecule has 0 aliphatic carbocycles. The average molecular weight is 598 g/mol. The van der Waals surface area contributed by atoms with Gasteiger partial charge in [-0.1, -0.05) is 29.3 Å². The molecule has 3 N–H and O–H groups in total. The molecule has 0 bridgehead atoms. The maximum Gasteiger partial charge on any atom is 0.329 e. The van der Waals surface area contributed by atoms with E-state index >= 15 is 0 Å². The van der Waals surface area contributed by atoms with Crippen LogP contribution < -0.4 is 25.5 Å². The second kappa shape index (κ2) is 13.0. The minimum atomic E-state index is -0.949. The van der Waals surface area contributed by atoms with E-state index in [1.54, 1.807) is 42.5 Å². The first kappa shape index (κ1) is 27.1. The van der Waals surface area contributed by atoms with E-state index in [1.807, 2.05) is 0 Å². The molecule has 0 saturated heterocycles. The predicted octanol–water partition coefficient (Wildman–Crippen LogP) is 4.14. The van der Waals surface area contributed by atoms with Gasteiger partial charge >= 0.3 is 11.8 Å². The molecule has 3 aromatic rings. The Labute approximate surface area is 224 Å². The summed E-state index contributed by atoms with van der Waals surface area (Å²) in [7, 11) is 1.42. The number of methoxy groups -OCH3 is 1. The zero-order valence-electron chi connectivity index (χ0n) is 18.6. The maximum absolute atomic E-state index is 12.3. The number of ether oxygens (including phenoxy) is 2. The van der Waals surface area contributed by atoms with E-state index in [4.69, 9.17) is 37.1 Å². The van der Waals surface area contributed by atoms with Crippen LogP contribution in [0.1, 0.15) is 11.3 Å². The summed E-state index contributed by atoms with van der Waals surface area (Å²) in [5, 5.41) is 9.33. The van der Waals surface area contributed by atoms with Gasteiger partial charge in [0.2, 0.25) is 0 Å². The lowest BCUT2D eigenvalue weighted by Crippen LogP contribution is -2.37. The molecule has 0 fully saturated rings. The van der Waals surface area contributed by atoms with Gasteiger partial charge in [0.1, 0.15) is 5.76 Å². The number of hydrazone groups is 1. The van der Waals surface area contributed by atoms with Crippen molar-refractivity contribution in [3.63, 3.8) is 0 Å². The topological polar surface area (TPSA) is 131 Å². The van der Waals surface area contributed by atoms with Crippen molar-refractivity contribution in [2.24, 2.45) is 5.10 Å². The Morgan fingerprint density at radius 3 is 2.67 bits per heavy atom. The number of furan rings is 1. The van der Waals surface area contributed by atoms with Crippen LogP contribution in [-0.4, -0.2) is 37.7 Å². The van der Waals surface area contributed by atoms with Gasteiger partial charge in [-0.3, -0.25) is 14.4 Å². The Morgan fingerprint density at radius 2 is 1.94 bits per heavy atom. The van der Waals surface area contributed by atoms with Crippen LogP contribution in [0.15, 0.2) is 62.7 Å². The van der Waals surface area contributed by atoms with Gasteiger partial charge in [-0.05, 0) is 57.9 Å². The molecule has 0 saturated carbocycles. The Kier molecular flexibility index (Phi) is 9.74. The molecule has 1 aromatic heterocycles. The number of halogens is 3. The van der Waals surface area contributed by atoms with Crippen molar-refractivity contribution in [3.8, 4) is 11.5 Å². The van der Waals surface area contributed by atoms with Gasteiger partial charge < -0.3 is 24.5 Å². The number of hydrogen-bond donors (Lipinski definition) is 3. The molecular formula is C23H19BrCl2N4O6. The first-order chi connectivity index (χ1) is 17.3. The van der Waals surface area contributed by atoms with Crippen molar-refractivity contribution < 1.29 is 28.3 Å². The standard InChI is InChI=1S/C23H19BrCl2N4O6/c1-34-18-9-13(10-28-30-23(33)22(32)27-11-14-4-3-7-35-14)8-15(24)21(18)36-12-19(31)29-17-6-2-5-16(25)20(17)26/h2-10H,11-12H2,1H3,(H,27,32)(H,29,31)(H,30,33)/b28-10-. The molecule has 0 aliphatic heterocycles. The van der Waals surface area contributed by atoms with Gasteiger partial charge in [-0.2, -0.15) is 5.10 Å². The van der Waals surface area contributed by atoms with E-state index in [9.17, 15) is 14.4 Å². The molecule has 188 valence electrons. The summed E-state index contributed by atoms with van der Waals surface area (Å²) >= 11 is 15.4. The third-order valence-corrected chi connectivity index (χ3v) is 5.82. The van der Waals surface area contributed by atoms with Gasteiger partial charge in [-0.25, -0.2) is 5.43 Å². The van der Waals surface area contributed by atoms with Gasteiger partial charge in [-0.15, -0.1) is 0 Å². The number of nitrogens with zero attached hydrogens (tertiary/aromatic N) is 1. The zero-order chi connectivity index (χ0) is 26.1. The number of benzene rings is 2. The fourth-order valence-corrected chi connectivity index (χ4v) is 3.68. The Balaban J connectivity index is 1.56. The largest absolute Gasteiger partial charge is 0.493 e. The van der Waals surface area contributed by atoms with Crippen LogP contribution in [0, 0.1) is 0 Å². The lowest BCUT2D eigenvalue weighted by Gasteiger charge is -2.14. The normalized spacial score (nSPS) is 10.7. The summed E-state index contributed by atoms with van der Waals surface area (Å²) in [5.74, 6) is -1.22. The summed E-state index contributed by atoms with van der Waals surface area (Å²) in [5.41, 5.74) is 3.00. The quantitative estimate of drug-likeness (QED) is 0.193. The third kappa shape index (κ3) is 7.48. The molecule has 3 rings (SSSR count). The predicted molar refractivity (Wildman–Crippen MR) is 138 cm³/mol. The van der Waals surface area contributed by atoms with Crippen LogP contribution >= 0.6 is 39.1 Å². The van der Waals surface area contributed by atoms with Gasteiger partial charge in [0.05, 0.1) is 46.3 Å². The number of amides is 3. The van der Waals surface area contributed by atoms with E-state index in [1.165, 1.54) is 19.6 Å². The molecule has 36 heavy (non-hydrogen) atoms. The second-order valence-electron chi connectivity index (χ2n) is 6.93. The van der Waals surface area contributed by atoms with Crippen molar-refractivity contribution in [2.75, 3.05) is 19.0 Å². The zero-order valence-corrected chi connectivity index (χ0v) is 21.7. The molecular weight excluding hydrogens is 579 g/mol. The fraction of sp³-hybridized carbons (Fsp3) is 0.130. The minimum Gasteiger partial charge on any atom is -0.493 e. The van der Waals surface area contributed by atoms with E-state index in [0.29, 0.717) is 32.3 Å². The molecule has 2 aromatic carbocycles. The summed E-state index contributed by atoms with van der Waals surface area (Å²) in [4.78, 5) is 36.0. The van der Waals surface area contributed by atoms with E-state index in [0.717, 1.165) is 0 Å². The van der Waals surface area contributed by atoms with Crippen LogP contribution in [0.25, 0.3) is 0 Å². The minimum absolute atomic E-state index is 0.0682. The number of rotatable bonds is 9. The molecule has 3 amide bonds. The number of anilines is 1. The van der Waals surface area contributed by atoms with E-state index in [-0.39, 0.29) is 23.9 Å². The number of carbonyl (C=O) groups is 3. The van der Waals surface area contributed by atoms with Crippen molar-refractivity contribution in [1.82, 2.24) is 10.7 Å². The van der Waals surface area contributed by atoms with Crippen LogP contribution in [0.3, 0.4) is 0 Å². The highest BCUT2D eigenvalue weighted by atomic mass is 79.9. The first-order valence-electron chi connectivity index (χ1n) is 10.2. The number of carbonyl (C=O) groups excluding carboxylic acids is 3. The molecule has 0 aliphatic rings. The van der Waals surface area contributed by atoms with E-state index < -0.39 is 17.7 Å². The smallest absolute Gasteiger partial charge is 0.329 e. The van der Waals surface area contributed by atoms with E-state index in [2.05, 4.69) is 37.1 Å². The first-order valence-corrected chi connectivity index (χ1v) is 11.7. The van der Waals surface area contributed by atoms with Gasteiger partial charge in [0, 0.05) is 0 Å². The highest BCUT2D eigenvalue weighted by Gasteiger charge is 2.15. The summed E-state index contributed by atoms with van der Waals surface area (Å²) in [6.45, 7) is -0.271. The summed E-state index contributed by atoms with van der Waals surface area (Å²) in [6.07, 6.45) is 2.77. The molecule has 0 unspecified atom stereocenters. The molecule has 0 radical (unpaired) electrons. The molecule has 10 nitrogen and oxygen atoms in total. The summed E-state index contributed by atoms with van der Waals surface area (Å²) in [6, 6.07) is 11.4. The number of nitrogens with one attached hydrogen (secondary N) is 3. The Bertz CT molecular complexity index is 1280. The lowest BCUT2D eigenvalue weighted by atomic mass is 10.2. The lowest BCUT2D eigenvalue weighted by molar-refractivity contribution is -0.139. The summed E-state index contributed by atoms with van der Waals surface area (Å²) < 4.78 is 16.5. The average Bonchev–Trinajstić information content (AvgIpc) is 3.38. The van der Waals surface area contributed by atoms with Crippen molar-refractivity contribution in [3.05, 3.63) is 74.6 Å². The highest BCUT2D eigenvalue weighted by Crippen LogP contribution is 2.36. The van der Waals surface area contributed by atoms with Gasteiger partial charge in [0.15, 0.2) is 18.1 Å². The SMILES string of the molecule is COc1cc(/C=N\NC(=O)C(=O)NCc2ccco2)cc(Br)c1OCC(=O)Nc1cccc(Cl)c1Cl. The Hall–Kier alpha value is -3.54. The highest BCUT2D eigenvalue weighted by molar-refractivity contribution is 9.10. The van der Waals surface area contributed by atoms with Crippen LogP contribution in [0.2, 0.25) is 10.0 Å². The Morgan fingerprint density at radius 1 is 1.14 bits per heavy atom. The maximum atomic E-state index is 12.3. The number of hydrogen-bond acceptors (Lipinski definition) is 7. The van der Waals surface area contributed by atoms with Crippen molar-refractivity contribution in [1.29, 1.82) is 0 Å². The van der Waals surface area contributed by atoms with Crippen LogP contribution in [0.4, 0.5) is 5.69 Å².